The van der Waals surface area contributed by atoms with Crippen LogP contribution in [-0.2, 0) is 0 Å². The molecule has 1 unspecified atom stereocenters. The van der Waals surface area contributed by atoms with Crippen LogP contribution in [0.25, 0.3) is 0 Å². The Labute approximate surface area is 146 Å². The first-order valence-corrected chi connectivity index (χ1v) is 9.19. The molecule has 0 spiro atoms. The average Bonchev–Trinajstić information content (AvgIpc) is 3.12. The topological polar surface area (TPSA) is 44.8 Å². The summed E-state index contributed by atoms with van der Waals surface area (Å²) in [7, 11) is 0. The van der Waals surface area contributed by atoms with Crippen LogP contribution in [0.4, 0.5) is 4.79 Å². The second kappa shape index (κ2) is 9.52. The quantitative estimate of drug-likeness (QED) is 0.794. The van der Waals surface area contributed by atoms with Gasteiger partial charge in [0.2, 0.25) is 0 Å². The molecule has 134 valence electrons. The molecule has 2 amide bonds. The number of benzene rings is 1. The highest BCUT2D eigenvalue weighted by Crippen LogP contribution is 2.26. The van der Waals surface area contributed by atoms with Crippen LogP contribution in [0, 0.1) is 0 Å². The van der Waals surface area contributed by atoms with E-state index in [9.17, 15) is 4.79 Å². The van der Waals surface area contributed by atoms with E-state index in [2.05, 4.69) is 22.3 Å². The second-order valence-corrected chi connectivity index (χ2v) is 6.12. The van der Waals surface area contributed by atoms with Crippen LogP contribution in [0.15, 0.2) is 24.3 Å². The Kier molecular flexibility index (Phi) is 7.37. The Morgan fingerprint density at radius 1 is 1.17 bits per heavy atom. The molecule has 1 heterocycles. The summed E-state index contributed by atoms with van der Waals surface area (Å²) in [4.78, 5) is 16.6. The minimum absolute atomic E-state index is 0.0233. The first-order chi connectivity index (χ1) is 11.7. The van der Waals surface area contributed by atoms with E-state index in [4.69, 9.17) is 4.74 Å². The second-order valence-electron chi connectivity index (χ2n) is 6.12. The van der Waals surface area contributed by atoms with Gasteiger partial charge in [0.05, 0.1) is 12.6 Å². The molecular formula is C19H31N3O2. The number of ether oxygens (including phenoxy) is 1. The third kappa shape index (κ3) is 4.87. The Hall–Kier alpha value is -1.75. The van der Waals surface area contributed by atoms with Crippen molar-refractivity contribution in [2.24, 2.45) is 0 Å². The number of urea groups is 1. The fourth-order valence-corrected chi connectivity index (χ4v) is 3.27. The maximum atomic E-state index is 12.3. The van der Waals surface area contributed by atoms with Gasteiger partial charge in [-0.3, -0.25) is 4.90 Å². The van der Waals surface area contributed by atoms with E-state index in [0.29, 0.717) is 13.2 Å². The van der Waals surface area contributed by atoms with E-state index in [-0.39, 0.29) is 12.1 Å². The van der Waals surface area contributed by atoms with E-state index >= 15 is 0 Å². The van der Waals surface area contributed by atoms with Gasteiger partial charge in [0.25, 0.3) is 0 Å². The summed E-state index contributed by atoms with van der Waals surface area (Å²) in [5.41, 5.74) is 1.24. The molecule has 24 heavy (non-hydrogen) atoms. The van der Waals surface area contributed by atoms with E-state index in [1.807, 2.05) is 37.8 Å². The van der Waals surface area contributed by atoms with Crippen LogP contribution >= 0.6 is 0 Å². The lowest BCUT2D eigenvalue weighted by Gasteiger charge is -2.29. The van der Waals surface area contributed by atoms with Crippen LogP contribution in [0.5, 0.6) is 5.75 Å². The van der Waals surface area contributed by atoms with Crippen molar-refractivity contribution >= 4 is 6.03 Å². The molecule has 0 radical (unpaired) electrons. The van der Waals surface area contributed by atoms with Crippen LogP contribution < -0.4 is 10.1 Å². The number of nitrogens with one attached hydrogen (secondary N) is 1. The number of nitrogens with zero attached hydrogens (tertiary/aromatic N) is 2. The van der Waals surface area contributed by atoms with Crippen molar-refractivity contribution < 1.29 is 9.53 Å². The molecule has 0 aromatic heterocycles. The zero-order valence-corrected chi connectivity index (χ0v) is 15.3. The van der Waals surface area contributed by atoms with Gasteiger partial charge in [0, 0.05) is 19.6 Å². The SMILES string of the molecule is CCOc1ccc(C(CNC(=O)N(CC)CC)N2CCCC2)cc1. The van der Waals surface area contributed by atoms with E-state index in [1.165, 1.54) is 18.4 Å². The molecule has 1 aromatic carbocycles. The van der Waals surface area contributed by atoms with Gasteiger partial charge in [-0.25, -0.2) is 4.79 Å². The minimum Gasteiger partial charge on any atom is -0.494 e. The standard InChI is InChI=1S/C19H31N3O2/c1-4-21(5-2)19(23)20-15-18(22-13-7-8-14-22)16-9-11-17(12-10-16)24-6-3/h9-12,18H,4-8,13-15H2,1-3H3,(H,20,23). The summed E-state index contributed by atoms with van der Waals surface area (Å²) in [6.45, 7) is 11.0. The predicted octanol–water partition coefficient (Wildman–Crippen LogP) is 3.27. The van der Waals surface area contributed by atoms with Crippen LogP contribution in [-0.4, -0.2) is 55.2 Å². The van der Waals surface area contributed by atoms with Crippen molar-refractivity contribution in [2.75, 3.05) is 39.3 Å². The molecule has 1 aromatic rings. The van der Waals surface area contributed by atoms with Crippen LogP contribution in [0.3, 0.4) is 0 Å². The van der Waals surface area contributed by atoms with Gasteiger partial charge in [0.1, 0.15) is 5.75 Å². The van der Waals surface area contributed by atoms with E-state index in [0.717, 1.165) is 31.9 Å². The van der Waals surface area contributed by atoms with Crippen molar-refractivity contribution in [2.45, 2.75) is 39.7 Å². The molecule has 2 rings (SSSR count). The fourth-order valence-electron chi connectivity index (χ4n) is 3.27. The number of amides is 2. The number of carbonyl (C=O) groups excluding carboxylic acids is 1. The van der Waals surface area contributed by atoms with Gasteiger partial charge < -0.3 is 15.0 Å². The summed E-state index contributed by atoms with van der Waals surface area (Å²) < 4.78 is 5.53. The highest BCUT2D eigenvalue weighted by atomic mass is 16.5. The Balaban J connectivity index is 2.05. The predicted molar refractivity (Wildman–Crippen MR) is 97.5 cm³/mol. The number of likely N-dealkylation sites (tertiary alicyclic amines) is 1. The molecule has 0 aliphatic carbocycles. The van der Waals surface area contributed by atoms with Crippen LogP contribution in [0.2, 0.25) is 0 Å². The third-order valence-corrected chi connectivity index (χ3v) is 4.65. The van der Waals surface area contributed by atoms with Gasteiger partial charge in [-0.1, -0.05) is 12.1 Å². The molecule has 0 bridgehead atoms. The van der Waals surface area contributed by atoms with Crippen molar-refractivity contribution in [1.29, 1.82) is 0 Å². The molecule has 5 heteroatoms. The molecule has 5 nitrogen and oxygen atoms in total. The van der Waals surface area contributed by atoms with Crippen LogP contribution in [0.1, 0.15) is 45.2 Å². The maximum absolute atomic E-state index is 12.3. The summed E-state index contributed by atoms with van der Waals surface area (Å²) in [6.07, 6.45) is 2.47. The average molecular weight is 333 g/mol. The zero-order valence-electron chi connectivity index (χ0n) is 15.3. The van der Waals surface area contributed by atoms with Crippen molar-refractivity contribution in [3.63, 3.8) is 0 Å². The van der Waals surface area contributed by atoms with E-state index in [1.54, 1.807) is 0 Å². The van der Waals surface area contributed by atoms with Gasteiger partial charge in [-0.05, 0) is 64.4 Å². The van der Waals surface area contributed by atoms with Crippen molar-refractivity contribution in [3.05, 3.63) is 29.8 Å². The van der Waals surface area contributed by atoms with Crippen molar-refractivity contribution in [3.8, 4) is 5.75 Å². The Morgan fingerprint density at radius 2 is 1.79 bits per heavy atom. The molecule has 1 N–H and O–H groups in total. The maximum Gasteiger partial charge on any atom is 0.317 e. The molecule has 1 fully saturated rings. The zero-order chi connectivity index (χ0) is 17.4. The van der Waals surface area contributed by atoms with Gasteiger partial charge in [-0.15, -0.1) is 0 Å². The van der Waals surface area contributed by atoms with Crippen molar-refractivity contribution in [1.82, 2.24) is 15.1 Å². The smallest absolute Gasteiger partial charge is 0.317 e. The van der Waals surface area contributed by atoms with Gasteiger partial charge in [-0.2, -0.15) is 0 Å². The lowest BCUT2D eigenvalue weighted by Crippen LogP contribution is -2.43. The molecule has 0 saturated carbocycles. The first-order valence-electron chi connectivity index (χ1n) is 9.19. The first kappa shape index (κ1) is 18.6. The summed E-state index contributed by atoms with van der Waals surface area (Å²) >= 11 is 0. The third-order valence-electron chi connectivity index (χ3n) is 4.65. The highest BCUT2D eigenvalue weighted by Gasteiger charge is 2.24. The molecule has 1 saturated heterocycles. The summed E-state index contributed by atoms with van der Waals surface area (Å²) in [5.74, 6) is 0.897. The molecular weight excluding hydrogens is 302 g/mol. The lowest BCUT2D eigenvalue weighted by atomic mass is 10.1. The number of rotatable bonds is 8. The Bertz CT molecular complexity index is 494. The number of hydrogen-bond acceptors (Lipinski definition) is 3. The normalized spacial score (nSPS) is 16.0. The largest absolute Gasteiger partial charge is 0.494 e. The Morgan fingerprint density at radius 3 is 2.33 bits per heavy atom. The van der Waals surface area contributed by atoms with Gasteiger partial charge >= 0.3 is 6.03 Å². The minimum atomic E-state index is 0.0233. The number of carbonyl (C=O) groups is 1. The highest BCUT2D eigenvalue weighted by molar-refractivity contribution is 5.74. The lowest BCUT2D eigenvalue weighted by molar-refractivity contribution is 0.192. The summed E-state index contributed by atoms with van der Waals surface area (Å²) in [5, 5.41) is 3.11. The number of hydrogen-bond donors (Lipinski definition) is 1. The molecule has 1 atom stereocenters. The summed E-state index contributed by atoms with van der Waals surface area (Å²) in [6, 6.07) is 8.54. The monoisotopic (exact) mass is 333 g/mol. The fraction of sp³-hybridized carbons (Fsp3) is 0.632. The van der Waals surface area contributed by atoms with E-state index < -0.39 is 0 Å². The molecule has 1 aliphatic rings. The molecule has 1 aliphatic heterocycles. The van der Waals surface area contributed by atoms with Gasteiger partial charge in [0.15, 0.2) is 0 Å².